The van der Waals surface area contributed by atoms with E-state index in [4.69, 9.17) is 4.74 Å². The van der Waals surface area contributed by atoms with Crippen molar-refractivity contribution in [2.24, 2.45) is 4.99 Å². The number of alkyl carbamates (subject to hydrolysis) is 1. The molecule has 0 saturated carbocycles. The third-order valence-electron chi connectivity index (χ3n) is 4.40. The Hall–Kier alpha value is -1.59. The summed E-state index contributed by atoms with van der Waals surface area (Å²) in [6.07, 6.45) is -0.570. The van der Waals surface area contributed by atoms with Crippen LogP contribution in [0.15, 0.2) is 33.7 Å². The predicted molar refractivity (Wildman–Crippen MR) is 122 cm³/mol. The molecule has 2 aliphatic rings. The van der Waals surface area contributed by atoms with Crippen molar-refractivity contribution in [2.45, 2.75) is 44.1 Å². The summed E-state index contributed by atoms with van der Waals surface area (Å²) < 4.78 is 30.2. The van der Waals surface area contributed by atoms with Gasteiger partial charge in [-0.2, -0.15) is 4.99 Å². The highest BCUT2D eigenvalue weighted by atomic mass is 79.9. The Morgan fingerprint density at radius 3 is 2.57 bits per heavy atom. The van der Waals surface area contributed by atoms with Gasteiger partial charge in [0.25, 0.3) is 0 Å². The average Bonchev–Trinajstić information content (AvgIpc) is 3.05. The SMILES string of the molecule is CC(C)(C)OC(=O)NCCC(=O)N=C1SC2CS(=O)(=O)CC2N1c1ccc(Br)cc1. The number of hydrogen-bond acceptors (Lipinski definition) is 6. The van der Waals surface area contributed by atoms with E-state index in [0.29, 0.717) is 5.17 Å². The average molecular weight is 518 g/mol. The lowest BCUT2D eigenvalue weighted by atomic mass is 10.2. The molecule has 0 spiro atoms. The largest absolute Gasteiger partial charge is 0.444 e. The number of halogens is 1. The first-order valence-corrected chi connectivity index (χ1v) is 12.9. The smallest absolute Gasteiger partial charge is 0.407 e. The first-order chi connectivity index (χ1) is 13.9. The van der Waals surface area contributed by atoms with Crippen molar-refractivity contribution in [3.63, 3.8) is 0 Å². The van der Waals surface area contributed by atoms with E-state index >= 15 is 0 Å². The summed E-state index contributed by atoms with van der Waals surface area (Å²) in [6, 6.07) is 7.19. The molecule has 2 amide bonds. The first kappa shape index (κ1) is 23.1. The second kappa shape index (κ2) is 8.88. The van der Waals surface area contributed by atoms with Crippen LogP contribution in [-0.4, -0.2) is 60.5 Å². The maximum atomic E-state index is 12.4. The topological polar surface area (TPSA) is 105 Å². The van der Waals surface area contributed by atoms with Gasteiger partial charge >= 0.3 is 6.09 Å². The standard InChI is InChI=1S/C19H24BrN3O5S2/c1-19(2,3)28-18(25)21-9-8-16(24)22-17-23(13-6-4-12(20)5-7-13)14-10-30(26,27)11-15(14)29-17/h4-7,14-15H,8-11H2,1-3H3,(H,21,25). The zero-order chi connectivity index (χ0) is 22.1. The molecule has 8 nitrogen and oxygen atoms in total. The van der Waals surface area contributed by atoms with Gasteiger partial charge in [-0.25, -0.2) is 13.2 Å². The summed E-state index contributed by atoms with van der Waals surface area (Å²) in [5.74, 6) is -0.282. The van der Waals surface area contributed by atoms with Crippen molar-refractivity contribution >= 4 is 60.4 Å². The summed E-state index contributed by atoms with van der Waals surface area (Å²) in [7, 11) is -3.12. The van der Waals surface area contributed by atoms with E-state index in [1.807, 2.05) is 29.2 Å². The number of carbonyl (C=O) groups excluding carboxylic acids is 2. The Morgan fingerprint density at radius 1 is 1.27 bits per heavy atom. The normalized spacial score (nSPS) is 24.0. The molecule has 2 heterocycles. The molecule has 11 heteroatoms. The number of fused-ring (bicyclic) bond motifs is 1. The minimum absolute atomic E-state index is 0.0190. The van der Waals surface area contributed by atoms with Crippen molar-refractivity contribution in [3.05, 3.63) is 28.7 Å². The summed E-state index contributed by atoms with van der Waals surface area (Å²) >= 11 is 4.71. The maximum absolute atomic E-state index is 12.4. The quantitative estimate of drug-likeness (QED) is 0.654. The zero-order valence-electron chi connectivity index (χ0n) is 16.9. The number of nitrogens with one attached hydrogen (secondary N) is 1. The lowest BCUT2D eigenvalue weighted by molar-refractivity contribution is -0.117. The van der Waals surface area contributed by atoms with Crippen LogP contribution in [0.3, 0.4) is 0 Å². The zero-order valence-corrected chi connectivity index (χ0v) is 20.1. The van der Waals surface area contributed by atoms with Crippen LogP contribution in [0.25, 0.3) is 0 Å². The number of amides is 2. The van der Waals surface area contributed by atoms with E-state index in [-0.39, 0.29) is 35.8 Å². The number of thioether (sulfide) groups is 1. The Labute approximate surface area is 188 Å². The molecule has 2 saturated heterocycles. The second-order valence-corrected chi connectivity index (χ2v) is 12.4. The molecule has 1 aromatic carbocycles. The van der Waals surface area contributed by atoms with Gasteiger partial charge in [0.15, 0.2) is 15.0 Å². The summed E-state index contributed by atoms with van der Waals surface area (Å²) in [6.45, 7) is 5.38. The molecule has 2 atom stereocenters. The van der Waals surface area contributed by atoms with Gasteiger partial charge in [-0.15, -0.1) is 0 Å². The van der Waals surface area contributed by atoms with Crippen molar-refractivity contribution in [1.82, 2.24) is 5.32 Å². The highest BCUT2D eigenvalue weighted by Gasteiger charge is 2.49. The first-order valence-electron chi connectivity index (χ1n) is 9.44. The lowest BCUT2D eigenvalue weighted by Gasteiger charge is -2.24. The summed E-state index contributed by atoms with van der Waals surface area (Å²) in [5.41, 5.74) is 0.173. The van der Waals surface area contributed by atoms with Crippen molar-refractivity contribution in [3.8, 4) is 0 Å². The van der Waals surface area contributed by atoms with E-state index in [1.54, 1.807) is 20.8 Å². The number of amidine groups is 1. The van der Waals surface area contributed by atoms with Gasteiger partial charge in [0.05, 0.1) is 17.5 Å². The van der Waals surface area contributed by atoms with Gasteiger partial charge in [-0.05, 0) is 45.0 Å². The van der Waals surface area contributed by atoms with E-state index in [0.717, 1.165) is 10.2 Å². The van der Waals surface area contributed by atoms with Crippen molar-refractivity contribution in [1.29, 1.82) is 0 Å². The van der Waals surface area contributed by atoms with Crippen LogP contribution < -0.4 is 10.2 Å². The molecule has 0 radical (unpaired) electrons. The number of nitrogens with zero attached hydrogens (tertiary/aromatic N) is 2. The molecular weight excluding hydrogens is 494 g/mol. The van der Waals surface area contributed by atoms with Crippen LogP contribution in [-0.2, 0) is 19.4 Å². The second-order valence-electron chi connectivity index (χ2n) is 8.11. The third-order valence-corrected chi connectivity index (χ3v) is 8.14. The van der Waals surface area contributed by atoms with Gasteiger partial charge in [-0.3, -0.25) is 4.79 Å². The van der Waals surface area contributed by atoms with Gasteiger partial charge in [0.1, 0.15) is 5.60 Å². The predicted octanol–water partition coefficient (Wildman–Crippen LogP) is 2.97. The van der Waals surface area contributed by atoms with Crippen LogP contribution >= 0.6 is 27.7 Å². The molecule has 1 N–H and O–H groups in total. The number of carbonyl (C=O) groups is 2. The summed E-state index contributed by atoms with van der Waals surface area (Å²) in [5, 5.41) is 2.87. The molecule has 2 aliphatic heterocycles. The van der Waals surface area contributed by atoms with Crippen LogP contribution in [0.2, 0.25) is 0 Å². The van der Waals surface area contributed by atoms with E-state index in [9.17, 15) is 18.0 Å². The van der Waals surface area contributed by atoms with Crippen LogP contribution in [0.4, 0.5) is 10.5 Å². The van der Waals surface area contributed by atoms with E-state index in [2.05, 4.69) is 26.2 Å². The maximum Gasteiger partial charge on any atom is 0.407 e. The molecule has 0 aliphatic carbocycles. The van der Waals surface area contributed by atoms with Crippen LogP contribution in [0.1, 0.15) is 27.2 Å². The third kappa shape index (κ3) is 5.98. The Kier molecular flexibility index (Phi) is 6.83. The van der Waals surface area contributed by atoms with Crippen LogP contribution in [0.5, 0.6) is 0 Å². The fraction of sp³-hybridized carbons (Fsp3) is 0.526. The number of ether oxygens (including phenoxy) is 1. The van der Waals surface area contributed by atoms with Crippen LogP contribution in [0, 0.1) is 0 Å². The molecule has 164 valence electrons. The molecule has 0 aromatic heterocycles. The molecule has 3 rings (SSSR count). The summed E-state index contributed by atoms with van der Waals surface area (Å²) in [4.78, 5) is 30.2. The molecule has 1 aromatic rings. The fourth-order valence-electron chi connectivity index (χ4n) is 3.22. The Morgan fingerprint density at radius 2 is 1.93 bits per heavy atom. The minimum atomic E-state index is -3.12. The van der Waals surface area contributed by atoms with Gasteiger partial charge in [0, 0.05) is 28.4 Å². The fourth-order valence-corrected chi connectivity index (χ4v) is 7.41. The number of benzene rings is 1. The molecule has 30 heavy (non-hydrogen) atoms. The molecule has 0 bridgehead atoms. The van der Waals surface area contributed by atoms with Gasteiger partial charge in [-0.1, -0.05) is 27.7 Å². The van der Waals surface area contributed by atoms with Gasteiger partial charge in [0.2, 0.25) is 5.91 Å². The lowest BCUT2D eigenvalue weighted by Crippen LogP contribution is -2.37. The molecule has 2 fully saturated rings. The highest BCUT2D eigenvalue weighted by molar-refractivity contribution is 9.10. The molecule has 2 unspecified atom stereocenters. The molecular formula is C19H24BrN3O5S2. The number of rotatable bonds is 4. The number of sulfone groups is 1. The van der Waals surface area contributed by atoms with Crippen molar-refractivity contribution in [2.75, 3.05) is 23.0 Å². The number of aliphatic imine (C=N–C) groups is 1. The van der Waals surface area contributed by atoms with E-state index in [1.165, 1.54) is 11.8 Å². The van der Waals surface area contributed by atoms with Crippen molar-refractivity contribution < 1.29 is 22.7 Å². The minimum Gasteiger partial charge on any atom is -0.444 e. The number of anilines is 1. The van der Waals surface area contributed by atoms with E-state index < -0.39 is 27.4 Å². The van der Waals surface area contributed by atoms with Gasteiger partial charge < -0.3 is 15.0 Å². The monoisotopic (exact) mass is 517 g/mol. The Bertz CT molecular complexity index is 957. The highest BCUT2D eigenvalue weighted by Crippen LogP contribution is 2.41. The number of hydrogen-bond donors (Lipinski definition) is 1. The Balaban J connectivity index is 1.70.